The third kappa shape index (κ3) is 5.23. The molecule has 1 aliphatic heterocycles. The first-order chi connectivity index (χ1) is 32.2. The first-order valence-corrected chi connectivity index (χ1v) is 22.7. The minimum absolute atomic E-state index is 0.523. The number of hydrogen-bond acceptors (Lipinski definition) is 6. The van der Waals surface area contributed by atoms with E-state index in [2.05, 4.69) is 158 Å². The van der Waals surface area contributed by atoms with Crippen molar-refractivity contribution in [2.75, 3.05) is 0 Å². The van der Waals surface area contributed by atoms with Gasteiger partial charge in [-0.25, -0.2) is 19.9 Å². The van der Waals surface area contributed by atoms with Crippen LogP contribution in [0.1, 0.15) is 22.3 Å². The van der Waals surface area contributed by atoms with Crippen LogP contribution < -0.4 is 0 Å². The Balaban J connectivity index is 1.08. The predicted octanol–water partition coefficient (Wildman–Crippen LogP) is 15.0. The monoisotopic (exact) mass is 846 g/mol. The van der Waals surface area contributed by atoms with Gasteiger partial charge in [-0.1, -0.05) is 176 Å². The lowest BCUT2D eigenvalue weighted by Gasteiger charge is -2.39. The van der Waals surface area contributed by atoms with Crippen molar-refractivity contribution in [1.82, 2.24) is 19.9 Å². The van der Waals surface area contributed by atoms with E-state index in [1.807, 2.05) is 60.3 Å². The third-order valence-electron chi connectivity index (χ3n) is 13.4. The second-order valence-electron chi connectivity index (χ2n) is 16.8. The van der Waals surface area contributed by atoms with Crippen LogP contribution in [-0.4, -0.2) is 19.9 Å². The lowest BCUT2D eigenvalue weighted by atomic mass is 9.67. The van der Waals surface area contributed by atoms with E-state index in [4.69, 9.17) is 24.4 Å². The topological polar surface area (TPSA) is 64.7 Å². The van der Waals surface area contributed by atoms with Crippen LogP contribution in [0.5, 0.6) is 0 Å². The molecule has 0 saturated carbocycles. The zero-order chi connectivity index (χ0) is 42.6. The van der Waals surface area contributed by atoms with Gasteiger partial charge < -0.3 is 4.42 Å². The molecule has 9 aromatic carbocycles. The van der Waals surface area contributed by atoms with Gasteiger partial charge >= 0.3 is 0 Å². The molecule has 0 saturated heterocycles. The molecular formula is C59H34N4OS. The molecule has 0 fully saturated rings. The average Bonchev–Trinajstić information content (AvgIpc) is 3.90. The Labute approximate surface area is 378 Å². The smallest absolute Gasteiger partial charge is 0.164 e. The van der Waals surface area contributed by atoms with Crippen LogP contribution in [0.25, 0.3) is 100 Å². The summed E-state index contributed by atoms with van der Waals surface area (Å²) in [5.74, 6) is 1.76. The van der Waals surface area contributed by atoms with Gasteiger partial charge in [0, 0.05) is 59.0 Å². The van der Waals surface area contributed by atoms with Crippen molar-refractivity contribution in [2.45, 2.75) is 15.2 Å². The molecule has 1 aliphatic carbocycles. The maximum Gasteiger partial charge on any atom is 0.164 e. The largest absolute Gasteiger partial charge is 0.456 e. The van der Waals surface area contributed by atoms with Crippen molar-refractivity contribution >= 4 is 55.4 Å². The lowest BCUT2D eigenvalue weighted by molar-refractivity contribution is 0.669. The summed E-state index contributed by atoms with van der Waals surface area (Å²) in [5, 5.41) is 5.30. The van der Waals surface area contributed by atoms with Crippen molar-refractivity contribution in [3.63, 3.8) is 0 Å². The molecule has 3 aromatic heterocycles. The highest BCUT2D eigenvalue weighted by atomic mass is 32.2. The number of rotatable bonds is 4. The number of fused-ring (bicyclic) bond motifs is 16. The molecule has 0 radical (unpaired) electrons. The second-order valence-corrected chi connectivity index (χ2v) is 17.9. The Morgan fingerprint density at radius 1 is 0.369 bits per heavy atom. The molecule has 0 N–H and O–H groups in total. The lowest BCUT2D eigenvalue weighted by Crippen LogP contribution is -2.31. The number of benzene rings is 9. The van der Waals surface area contributed by atoms with Crippen molar-refractivity contribution in [3.8, 4) is 56.5 Å². The standard InChI is InChI=1S/C59H34N4OS/c1-3-16-35(17-4-1)55-40-31-32-46-54(38-20-7-9-23-43(38)59(46)44-24-10-13-28-50(44)65-51-29-14-11-25-45(51)59)53(40)42-34-37(30-33-47(42)60-55)57-61-56(36-18-5-2-6-19-36)62-58(63-57)41-22-15-27-49-52(41)39-21-8-12-26-48(39)64-49/h1-34H. The summed E-state index contributed by atoms with van der Waals surface area (Å²) in [7, 11) is 0. The van der Waals surface area contributed by atoms with Crippen molar-refractivity contribution in [2.24, 2.45) is 0 Å². The SMILES string of the molecule is c1ccc(-c2nc(-c3ccc4nc(-c5ccccc5)c5ccc6c(c5c4c3)-c3ccccc3C63c4ccccc4Sc4ccccc43)nc(-c3cccc4oc5ccccc5c34)n2)cc1. The number of aromatic nitrogens is 4. The van der Waals surface area contributed by atoms with E-state index < -0.39 is 5.41 Å². The van der Waals surface area contributed by atoms with Crippen LogP contribution in [0.3, 0.4) is 0 Å². The van der Waals surface area contributed by atoms with Gasteiger partial charge in [-0.3, -0.25) is 0 Å². The third-order valence-corrected chi connectivity index (χ3v) is 14.5. The highest BCUT2D eigenvalue weighted by Gasteiger charge is 2.50. The molecule has 0 atom stereocenters. The summed E-state index contributed by atoms with van der Waals surface area (Å²) < 4.78 is 6.34. The van der Waals surface area contributed by atoms with Crippen molar-refractivity contribution < 1.29 is 4.42 Å². The molecule has 302 valence electrons. The molecule has 4 heterocycles. The van der Waals surface area contributed by atoms with Crippen LogP contribution in [0, 0.1) is 0 Å². The number of hydrogen-bond donors (Lipinski definition) is 0. The van der Waals surface area contributed by atoms with Gasteiger partial charge in [-0.2, -0.15) is 0 Å². The van der Waals surface area contributed by atoms with Crippen LogP contribution in [0.2, 0.25) is 0 Å². The second kappa shape index (κ2) is 13.9. The maximum atomic E-state index is 6.34. The normalized spacial score (nSPS) is 13.3. The Bertz CT molecular complexity index is 3890. The Hall–Kier alpha value is -8.19. The fourth-order valence-corrected chi connectivity index (χ4v) is 11.9. The Morgan fingerprint density at radius 2 is 0.985 bits per heavy atom. The predicted molar refractivity (Wildman–Crippen MR) is 263 cm³/mol. The van der Waals surface area contributed by atoms with E-state index in [0.717, 1.165) is 71.6 Å². The zero-order valence-corrected chi connectivity index (χ0v) is 35.6. The first kappa shape index (κ1) is 36.3. The summed E-state index contributed by atoms with van der Waals surface area (Å²) in [6.07, 6.45) is 0. The van der Waals surface area contributed by atoms with Gasteiger partial charge in [0.2, 0.25) is 0 Å². The van der Waals surface area contributed by atoms with Gasteiger partial charge in [0.25, 0.3) is 0 Å². The zero-order valence-electron chi connectivity index (χ0n) is 34.7. The molecule has 5 nitrogen and oxygen atoms in total. The van der Waals surface area contributed by atoms with E-state index >= 15 is 0 Å². The summed E-state index contributed by atoms with van der Waals surface area (Å²) in [6, 6.07) is 73.2. The number of furan rings is 1. The molecule has 2 aliphatic rings. The average molecular weight is 847 g/mol. The van der Waals surface area contributed by atoms with Crippen molar-refractivity contribution in [3.05, 3.63) is 229 Å². The fourth-order valence-electron chi connectivity index (χ4n) is 10.7. The molecule has 14 rings (SSSR count). The van der Waals surface area contributed by atoms with Gasteiger partial charge in [-0.05, 0) is 75.8 Å². The number of nitrogens with zero attached hydrogens (tertiary/aromatic N) is 4. The first-order valence-electron chi connectivity index (χ1n) is 21.9. The molecule has 0 bridgehead atoms. The van der Waals surface area contributed by atoms with Gasteiger partial charge in [0.1, 0.15) is 11.2 Å². The van der Waals surface area contributed by atoms with Gasteiger partial charge in [0.15, 0.2) is 17.5 Å². The van der Waals surface area contributed by atoms with E-state index in [1.165, 1.54) is 43.2 Å². The van der Waals surface area contributed by atoms with Crippen LogP contribution in [-0.2, 0) is 5.41 Å². The van der Waals surface area contributed by atoms with Crippen molar-refractivity contribution in [1.29, 1.82) is 0 Å². The van der Waals surface area contributed by atoms with Crippen LogP contribution in [0.4, 0.5) is 0 Å². The molecule has 0 unspecified atom stereocenters. The highest BCUT2D eigenvalue weighted by Crippen LogP contribution is 2.63. The summed E-state index contributed by atoms with van der Waals surface area (Å²) in [4.78, 5) is 23.8. The number of para-hydroxylation sites is 1. The molecule has 0 amide bonds. The molecule has 1 spiro atoms. The van der Waals surface area contributed by atoms with Gasteiger partial charge in [0.05, 0.1) is 16.6 Å². The minimum atomic E-state index is -0.523. The Kier molecular flexibility index (Phi) is 7.77. The summed E-state index contributed by atoms with van der Waals surface area (Å²) in [6.45, 7) is 0. The van der Waals surface area contributed by atoms with E-state index in [-0.39, 0.29) is 0 Å². The van der Waals surface area contributed by atoms with Gasteiger partial charge in [-0.15, -0.1) is 0 Å². The van der Waals surface area contributed by atoms with E-state index in [9.17, 15) is 0 Å². The molecule has 65 heavy (non-hydrogen) atoms. The quantitative estimate of drug-likeness (QED) is 0.164. The van der Waals surface area contributed by atoms with Crippen LogP contribution >= 0.6 is 11.8 Å². The summed E-state index contributed by atoms with van der Waals surface area (Å²) in [5.41, 5.74) is 14.3. The Morgan fingerprint density at radius 3 is 1.77 bits per heavy atom. The number of pyridine rings is 1. The highest BCUT2D eigenvalue weighted by molar-refractivity contribution is 7.99. The fraction of sp³-hybridized carbons (Fsp3) is 0.0169. The molecular weight excluding hydrogens is 813 g/mol. The van der Waals surface area contributed by atoms with Crippen LogP contribution in [0.15, 0.2) is 220 Å². The molecule has 6 heteroatoms. The molecule has 12 aromatic rings. The maximum absolute atomic E-state index is 6.34. The minimum Gasteiger partial charge on any atom is -0.456 e. The van der Waals surface area contributed by atoms with E-state index in [0.29, 0.717) is 17.5 Å². The van der Waals surface area contributed by atoms with E-state index in [1.54, 1.807) is 0 Å². The summed E-state index contributed by atoms with van der Waals surface area (Å²) >= 11 is 1.86.